The van der Waals surface area contributed by atoms with Gasteiger partial charge in [-0.2, -0.15) is 5.26 Å². The number of aryl methyl sites for hydroxylation is 1. The monoisotopic (exact) mass is 484 g/mol. The highest BCUT2D eigenvalue weighted by atomic mass is 35.5. The van der Waals surface area contributed by atoms with Gasteiger partial charge >= 0.3 is 0 Å². The summed E-state index contributed by atoms with van der Waals surface area (Å²) in [6.45, 7) is 1.61. The maximum atomic E-state index is 13.2. The van der Waals surface area contributed by atoms with E-state index in [4.69, 9.17) is 16.3 Å². The highest BCUT2D eigenvalue weighted by Crippen LogP contribution is 2.32. The Bertz CT molecular complexity index is 1240. The molecule has 0 aliphatic carbocycles. The highest BCUT2D eigenvalue weighted by Gasteiger charge is 2.17. The lowest BCUT2D eigenvalue weighted by atomic mass is 10.1. The SMILES string of the molecule is COc1ccc(/C=C/C(=O)c2ccc(Cl)cc2)cc1CSc1nc(C(F)F)cc(C)c1C#N. The third-order valence-electron chi connectivity index (χ3n) is 4.76. The first kappa shape index (κ1) is 24.4. The van der Waals surface area contributed by atoms with E-state index < -0.39 is 6.43 Å². The standard InChI is InChI=1S/C25H19ClF2N2O2S/c1-15-11-21(24(27)28)30-25(20(15)13-29)33-14-18-12-16(4-10-23(18)32-2)3-9-22(31)17-5-7-19(26)8-6-17/h3-12,24H,14H2,1-2H3/b9-3+. The number of halogens is 3. The molecule has 0 fully saturated rings. The number of rotatable bonds is 8. The number of ether oxygens (including phenoxy) is 1. The first-order valence-corrected chi connectivity index (χ1v) is 11.2. The number of carbonyl (C=O) groups excluding carboxylic acids is 1. The van der Waals surface area contributed by atoms with Gasteiger partial charge in [-0.05, 0) is 66.6 Å². The van der Waals surface area contributed by atoms with Crippen LogP contribution >= 0.6 is 23.4 Å². The van der Waals surface area contributed by atoms with Crippen molar-refractivity contribution in [3.05, 3.63) is 93.1 Å². The minimum Gasteiger partial charge on any atom is -0.496 e. The normalized spacial score (nSPS) is 11.1. The van der Waals surface area contributed by atoms with Gasteiger partial charge in [0, 0.05) is 21.9 Å². The number of thioether (sulfide) groups is 1. The van der Waals surface area contributed by atoms with Gasteiger partial charge in [0.05, 0.1) is 12.7 Å². The largest absolute Gasteiger partial charge is 0.496 e. The second kappa shape index (κ2) is 11.1. The summed E-state index contributed by atoms with van der Waals surface area (Å²) in [5.74, 6) is 0.772. The predicted molar refractivity (Wildman–Crippen MR) is 126 cm³/mol. The molecule has 2 aromatic carbocycles. The van der Waals surface area contributed by atoms with Crippen LogP contribution in [-0.4, -0.2) is 17.9 Å². The average molecular weight is 485 g/mol. The molecule has 0 N–H and O–H groups in total. The van der Waals surface area contributed by atoms with Crippen molar-refractivity contribution in [2.24, 2.45) is 0 Å². The van der Waals surface area contributed by atoms with Crippen molar-refractivity contribution < 1.29 is 18.3 Å². The van der Waals surface area contributed by atoms with Gasteiger partial charge in [0.1, 0.15) is 22.5 Å². The van der Waals surface area contributed by atoms with Crippen molar-refractivity contribution in [3.8, 4) is 11.8 Å². The van der Waals surface area contributed by atoms with Crippen LogP contribution in [0.2, 0.25) is 5.02 Å². The Morgan fingerprint density at radius 1 is 1.24 bits per heavy atom. The van der Waals surface area contributed by atoms with Crippen LogP contribution in [0.1, 0.15) is 44.7 Å². The zero-order valence-electron chi connectivity index (χ0n) is 17.8. The van der Waals surface area contributed by atoms with E-state index in [1.165, 1.54) is 31.0 Å². The molecule has 0 aliphatic rings. The lowest BCUT2D eigenvalue weighted by Crippen LogP contribution is -1.99. The maximum Gasteiger partial charge on any atom is 0.280 e. The van der Waals surface area contributed by atoms with Crippen molar-refractivity contribution in [2.45, 2.75) is 24.1 Å². The Hall–Kier alpha value is -3.21. The number of hydrogen-bond acceptors (Lipinski definition) is 5. The van der Waals surface area contributed by atoms with E-state index >= 15 is 0 Å². The molecule has 0 radical (unpaired) electrons. The van der Waals surface area contributed by atoms with Crippen molar-refractivity contribution in [2.75, 3.05) is 7.11 Å². The minimum atomic E-state index is -2.73. The minimum absolute atomic E-state index is 0.166. The first-order chi connectivity index (χ1) is 15.8. The van der Waals surface area contributed by atoms with Gasteiger partial charge in [0.2, 0.25) is 0 Å². The first-order valence-electron chi connectivity index (χ1n) is 9.80. The number of carbonyl (C=O) groups is 1. The number of pyridine rings is 1. The molecule has 0 atom stereocenters. The molecule has 0 saturated carbocycles. The third kappa shape index (κ3) is 6.19. The molecule has 0 bridgehead atoms. The van der Waals surface area contributed by atoms with Gasteiger partial charge in [-0.25, -0.2) is 13.8 Å². The lowest BCUT2D eigenvalue weighted by molar-refractivity contribution is 0.104. The molecule has 0 aliphatic heterocycles. The van der Waals surface area contributed by atoms with Gasteiger partial charge in [-0.3, -0.25) is 4.79 Å². The van der Waals surface area contributed by atoms with E-state index in [0.29, 0.717) is 27.7 Å². The molecule has 3 rings (SSSR count). The number of allylic oxidation sites excluding steroid dienone is 1. The lowest BCUT2D eigenvalue weighted by Gasteiger charge is -2.12. The maximum absolute atomic E-state index is 13.2. The molecule has 0 spiro atoms. The van der Waals surface area contributed by atoms with Gasteiger partial charge in [0.15, 0.2) is 5.78 Å². The molecule has 4 nitrogen and oxygen atoms in total. The average Bonchev–Trinajstić information content (AvgIpc) is 2.81. The van der Waals surface area contributed by atoms with Crippen LogP contribution < -0.4 is 4.74 Å². The molecule has 0 amide bonds. The Kier molecular flexibility index (Phi) is 8.21. The number of ketones is 1. The Morgan fingerprint density at radius 3 is 2.61 bits per heavy atom. The van der Waals surface area contributed by atoms with Crippen LogP contribution in [0, 0.1) is 18.3 Å². The summed E-state index contributed by atoms with van der Waals surface area (Å²) < 4.78 is 31.8. The highest BCUT2D eigenvalue weighted by molar-refractivity contribution is 7.98. The number of methoxy groups -OCH3 is 1. The molecule has 1 aromatic heterocycles. The van der Waals surface area contributed by atoms with Crippen molar-refractivity contribution in [1.82, 2.24) is 4.98 Å². The van der Waals surface area contributed by atoms with Crippen LogP contribution in [-0.2, 0) is 5.75 Å². The predicted octanol–water partition coefficient (Wildman–Crippen LogP) is 7.05. The van der Waals surface area contributed by atoms with E-state index in [1.54, 1.807) is 49.4 Å². The molecule has 168 valence electrons. The van der Waals surface area contributed by atoms with Crippen molar-refractivity contribution in [1.29, 1.82) is 5.26 Å². The second-order valence-electron chi connectivity index (χ2n) is 7.02. The Labute approximate surface area is 199 Å². The topological polar surface area (TPSA) is 63.0 Å². The van der Waals surface area contributed by atoms with Crippen LogP contribution in [0.25, 0.3) is 6.08 Å². The summed E-state index contributed by atoms with van der Waals surface area (Å²) in [5.41, 5.74) is 2.42. The summed E-state index contributed by atoms with van der Waals surface area (Å²) >= 11 is 7.04. The quantitative estimate of drug-likeness (QED) is 0.195. The zero-order chi connectivity index (χ0) is 24.0. The fraction of sp³-hybridized carbons (Fsp3) is 0.160. The van der Waals surface area contributed by atoms with E-state index in [9.17, 15) is 18.8 Å². The number of hydrogen-bond donors (Lipinski definition) is 0. The van der Waals surface area contributed by atoms with Crippen LogP contribution in [0.4, 0.5) is 8.78 Å². The summed E-state index contributed by atoms with van der Waals surface area (Å²) in [7, 11) is 1.53. The fourth-order valence-corrected chi connectivity index (χ4v) is 4.23. The molecule has 0 unspecified atom stereocenters. The van der Waals surface area contributed by atoms with Crippen molar-refractivity contribution >= 4 is 35.2 Å². The molecular formula is C25H19ClF2N2O2S. The molecule has 33 heavy (non-hydrogen) atoms. The second-order valence-corrected chi connectivity index (χ2v) is 8.42. The molecule has 8 heteroatoms. The Balaban J connectivity index is 1.83. The van der Waals surface area contributed by atoms with Gasteiger partial charge < -0.3 is 4.74 Å². The molecule has 0 saturated heterocycles. The van der Waals surface area contributed by atoms with Gasteiger partial charge in [-0.15, -0.1) is 11.8 Å². The number of aromatic nitrogens is 1. The number of nitriles is 1. The van der Waals surface area contributed by atoms with Gasteiger partial charge in [0.25, 0.3) is 6.43 Å². The van der Waals surface area contributed by atoms with E-state index in [2.05, 4.69) is 4.98 Å². The number of nitrogens with zero attached hydrogens (tertiary/aromatic N) is 2. The summed E-state index contributed by atoms with van der Waals surface area (Å²) in [6.07, 6.45) is 0.426. The van der Waals surface area contributed by atoms with Crippen LogP contribution in [0.15, 0.2) is 59.6 Å². The molecule has 3 aromatic rings. The molecular weight excluding hydrogens is 466 g/mol. The fourth-order valence-electron chi connectivity index (χ4n) is 3.06. The number of benzene rings is 2. The smallest absolute Gasteiger partial charge is 0.280 e. The van der Waals surface area contributed by atoms with E-state index in [0.717, 1.165) is 11.1 Å². The van der Waals surface area contributed by atoms with Crippen molar-refractivity contribution in [3.63, 3.8) is 0 Å². The number of alkyl halides is 2. The van der Waals surface area contributed by atoms with Crippen LogP contribution in [0.3, 0.4) is 0 Å². The third-order valence-corrected chi connectivity index (χ3v) is 6.04. The summed E-state index contributed by atoms with van der Waals surface area (Å²) in [6, 6.07) is 15.3. The van der Waals surface area contributed by atoms with E-state index in [1.807, 2.05) is 12.1 Å². The molecule has 1 heterocycles. The zero-order valence-corrected chi connectivity index (χ0v) is 19.4. The van der Waals surface area contributed by atoms with Gasteiger partial charge in [-0.1, -0.05) is 23.7 Å². The summed E-state index contributed by atoms with van der Waals surface area (Å²) in [5, 5.41) is 10.2. The van der Waals surface area contributed by atoms with E-state index in [-0.39, 0.29) is 22.1 Å². The Morgan fingerprint density at radius 2 is 1.97 bits per heavy atom. The summed E-state index contributed by atoms with van der Waals surface area (Å²) in [4.78, 5) is 16.4. The van der Waals surface area contributed by atoms with Crippen LogP contribution in [0.5, 0.6) is 5.75 Å².